The van der Waals surface area contributed by atoms with Crippen molar-refractivity contribution in [2.45, 2.75) is 38.8 Å². The summed E-state index contributed by atoms with van der Waals surface area (Å²) in [6, 6.07) is -0.132. The van der Waals surface area contributed by atoms with E-state index in [1.807, 2.05) is 20.8 Å². The molecule has 0 radical (unpaired) electrons. The zero-order valence-electron chi connectivity index (χ0n) is 10.2. The van der Waals surface area contributed by atoms with Crippen molar-refractivity contribution in [3.8, 4) is 0 Å². The summed E-state index contributed by atoms with van der Waals surface area (Å²) in [6.07, 6.45) is -0.327. The lowest BCUT2D eigenvalue weighted by atomic mass is 9.93. The van der Waals surface area contributed by atoms with Gasteiger partial charge in [-0.1, -0.05) is 0 Å². The van der Waals surface area contributed by atoms with Crippen LogP contribution < -0.4 is 5.32 Å². The number of halogens is 1. The second-order valence-corrected chi connectivity index (χ2v) is 5.39. The second-order valence-electron chi connectivity index (χ2n) is 5.39. The number of nitrogens with zero attached hydrogens (tertiary/aromatic N) is 1. The molecule has 2 N–H and O–H groups in total. The number of rotatable bonds is 2. The highest BCUT2D eigenvalue weighted by Crippen LogP contribution is 2.23. The molecule has 1 fully saturated rings. The van der Waals surface area contributed by atoms with Gasteiger partial charge in [-0.15, -0.1) is 0 Å². The molecule has 1 aliphatic rings. The van der Waals surface area contributed by atoms with Crippen molar-refractivity contribution in [3.05, 3.63) is 0 Å². The Morgan fingerprint density at radius 1 is 1.50 bits per heavy atom. The summed E-state index contributed by atoms with van der Waals surface area (Å²) < 4.78 is 12.6. The molecule has 0 bridgehead atoms. The van der Waals surface area contributed by atoms with E-state index in [1.54, 1.807) is 0 Å². The van der Waals surface area contributed by atoms with Crippen LogP contribution in [-0.2, 0) is 0 Å². The summed E-state index contributed by atoms with van der Waals surface area (Å²) in [5.41, 5.74) is -0.448. The van der Waals surface area contributed by atoms with Crippen LogP contribution in [0.3, 0.4) is 0 Å². The third kappa shape index (κ3) is 3.07. The van der Waals surface area contributed by atoms with Gasteiger partial charge in [0.1, 0.15) is 0 Å². The molecule has 4 nitrogen and oxygen atoms in total. The number of hydrogen-bond donors (Lipinski definition) is 2. The predicted octanol–water partition coefficient (Wildman–Crippen LogP) is 1.71. The van der Waals surface area contributed by atoms with Gasteiger partial charge in [-0.05, 0) is 27.2 Å². The van der Waals surface area contributed by atoms with Crippen LogP contribution >= 0.6 is 0 Å². The average Bonchev–Trinajstić information content (AvgIpc) is 2.15. The molecule has 0 unspecified atom stereocenters. The van der Waals surface area contributed by atoms with Gasteiger partial charge in [-0.25, -0.2) is 4.79 Å². The number of nitrogens with one attached hydrogen (secondary N) is 1. The minimum absolute atomic E-state index is 0.0667. The van der Waals surface area contributed by atoms with Crippen molar-refractivity contribution in [2.24, 2.45) is 5.92 Å². The lowest BCUT2D eigenvalue weighted by molar-refractivity contribution is 0.0502. The molecule has 2 atom stereocenters. The van der Waals surface area contributed by atoms with E-state index in [0.29, 0.717) is 19.5 Å². The van der Waals surface area contributed by atoms with E-state index in [-0.39, 0.29) is 18.6 Å². The number of amides is 1. The fourth-order valence-corrected chi connectivity index (χ4v) is 2.31. The molecule has 1 amide bonds. The molecular formula is C11H21FN2O2. The topological polar surface area (TPSA) is 52.6 Å². The molecular weight excluding hydrogens is 211 g/mol. The summed E-state index contributed by atoms with van der Waals surface area (Å²) in [5.74, 6) is -0.0667. The number of piperidine rings is 1. The van der Waals surface area contributed by atoms with Gasteiger partial charge >= 0.3 is 6.09 Å². The maximum absolute atomic E-state index is 12.6. The van der Waals surface area contributed by atoms with E-state index in [9.17, 15) is 14.3 Å². The first-order valence-electron chi connectivity index (χ1n) is 5.65. The highest BCUT2D eigenvalue weighted by molar-refractivity contribution is 5.66. The van der Waals surface area contributed by atoms with Gasteiger partial charge < -0.3 is 10.4 Å². The quantitative estimate of drug-likeness (QED) is 0.762. The highest BCUT2D eigenvalue weighted by Gasteiger charge is 2.36. The molecule has 5 heteroatoms. The van der Waals surface area contributed by atoms with E-state index in [2.05, 4.69) is 5.32 Å². The van der Waals surface area contributed by atoms with Crippen molar-refractivity contribution in [1.82, 2.24) is 10.2 Å². The minimum Gasteiger partial charge on any atom is -0.465 e. The lowest BCUT2D eigenvalue weighted by Gasteiger charge is -2.43. The molecule has 0 aliphatic carbocycles. The molecule has 0 aromatic heterocycles. The second kappa shape index (κ2) is 4.99. The summed E-state index contributed by atoms with van der Waals surface area (Å²) in [7, 11) is 0. The van der Waals surface area contributed by atoms with Crippen molar-refractivity contribution < 1.29 is 14.3 Å². The van der Waals surface area contributed by atoms with Crippen molar-refractivity contribution >= 4 is 6.09 Å². The van der Waals surface area contributed by atoms with Crippen LogP contribution in [0.15, 0.2) is 0 Å². The molecule has 0 spiro atoms. The van der Waals surface area contributed by atoms with Crippen molar-refractivity contribution in [2.75, 3.05) is 19.8 Å². The van der Waals surface area contributed by atoms with E-state index >= 15 is 0 Å². The first-order chi connectivity index (χ1) is 7.36. The third-order valence-corrected chi connectivity index (χ3v) is 2.93. The smallest absolute Gasteiger partial charge is 0.408 e. The van der Waals surface area contributed by atoms with Crippen LogP contribution in [0.2, 0.25) is 0 Å². The van der Waals surface area contributed by atoms with Gasteiger partial charge in [0.05, 0.1) is 6.67 Å². The van der Waals surface area contributed by atoms with Crippen LogP contribution in [0, 0.1) is 5.92 Å². The van der Waals surface area contributed by atoms with Crippen LogP contribution in [-0.4, -0.2) is 47.4 Å². The van der Waals surface area contributed by atoms with E-state index in [0.717, 1.165) is 0 Å². The molecule has 0 aromatic carbocycles. The SMILES string of the molecule is CC(C)(C)N(C(=O)O)[C@H]1CNC[C@@H](CF)C1. The van der Waals surface area contributed by atoms with Gasteiger partial charge in [0.25, 0.3) is 0 Å². The maximum Gasteiger partial charge on any atom is 0.408 e. The third-order valence-electron chi connectivity index (χ3n) is 2.93. The van der Waals surface area contributed by atoms with Gasteiger partial charge in [0.2, 0.25) is 0 Å². The molecule has 1 heterocycles. The van der Waals surface area contributed by atoms with Gasteiger partial charge in [-0.2, -0.15) is 0 Å². The molecule has 1 rings (SSSR count). The number of carbonyl (C=O) groups is 1. The standard InChI is InChI=1S/C11H21FN2O2/c1-11(2,3)14(10(15)16)9-4-8(5-12)6-13-7-9/h8-9,13H,4-7H2,1-3H3,(H,15,16)/t8-,9-/m1/s1. The monoisotopic (exact) mass is 232 g/mol. The normalized spacial score (nSPS) is 26.5. The summed E-state index contributed by atoms with van der Waals surface area (Å²) in [6.45, 7) is 6.45. The Bertz CT molecular complexity index is 253. The summed E-state index contributed by atoms with van der Waals surface area (Å²) in [5, 5.41) is 12.3. The first-order valence-corrected chi connectivity index (χ1v) is 5.65. The lowest BCUT2D eigenvalue weighted by Crippen LogP contribution is -2.57. The Morgan fingerprint density at radius 2 is 2.12 bits per heavy atom. The Labute approximate surface area is 95.8 Å². The van der Waals surface area contributed by atoms with Crippen LogP contribution in [0.5, 0.6) is 0 Å². The highest BCUT2D eigenvalue weighted by atomic mass is 19.1. The largest absolute Gasteiger partial charge is 0.465 e. The average molecular weight is 232 g/mol. The minimum atomic E-state index is -0.932. The summed E-state index contributed by atoms with van der Waals surface area (Å²) >= 11 is 0. The molecule has 1 aliphatic heterocycles. The fraction of sp³-hybridized carbons (Fsp3) is 0.909. The maximum atomic E-state index is 12.6. The fourth-order valence-electron chi connectivity index (χ4n) is 2.31. The van der Waals surface area contributed by atoms with E-state index in [4.69, 9.17) is 0 Å². The first kappa shape index (κ1) is 13.2. The Kier molecular flexibility index (Phi) is 4.13. The van der Waals surface area contributed by atoms with E-state index < -0.39 is 11.6 Å². The number of alkyl halides is 1. The van der Waals surface area contributed by atoms with Gasteiger partial charge in [0, 0.05) is 30.6 Å². The molecule has 0 saturated carbocycles. The zero-order valence-corrected chi connectivity index (χ0v) is 10.2. The summed E-state index contributed by atoms with van der Waals surface area (Å²) in [4.78, 5) is 12.7. The van der Waals surface area contributed by atoms with Crippen molar-refractivity contribution in [3.63, 3.8) is 0 Å². The van der Waals surface area contributed by atoms with Crippen LogP contribution in [0.4, 0.5) is 9.18 Å². The molecule has 16 heavy (non-hydrogen) atoms. The molecule has 94 valence electrons. The van der Waals surface area contributed by atoms with Crippen LogP contribution in [0.1, 0.15) is 27.2 Å². The Hall–Kier alpha value is -0.840. The number of carboxylic acid groups (broad SMARTS) is 1. The van der Waals surface area contributed by atoms with Gasteiger partial charge in [-0.3, -0.25) is 9.29 Å². The molecule has 0 aromatic rings. The Balaban J connectivity index is 2.75. The van der Waals surface area contributed by atoms with Crippen LogP contribution in [0.25, 0.3) is 0 Å². The Morgan fingerprint density at radius 3 is 2.56 bits per heavy atom. The predicted molar refractivity (Wildman–Crippen MR) is 60.4 cm³/mol. The van der Waals surface area contributed by atoms with Crippen molar-refractivity contribution in [1.29, 1.82) is 0 Å². The zero-order chi connectivity index (χ0) is 12.3. The number of hydrogen-bond acceptors (Lipinski definition) is 2. The van der Waals surface area contributed by atoms with E-state index in [1.165, 1.54) is 4.90 Å². The van der Waals surface area contributed by atoms with Gasteiger partial charge in [0.15, 0.2) is 0 Å². The molecule has 1 saturated heterocycles.